The molecule has 0 aliphatic rings. The lowest BCUT2D eigenvalue weighted by Gasteiger charge is -2.09. The van der Waals surface area contributed by atoms with Crippen molar-refractivity contribution in [2.24, 2.45) is 0 Å². The molecule has 0 spiro atoms. The van der Waals surface area contributed by atoms with Crippen LogP contribution in [0.2, 0.25) is 0 Å². The third-order valence-corrected chi connectivity index (χ3v) is 2.92. The standard InChI is InChI=1S/C16H19N3O2/c1-2-21-15-9-13(8-14(17)10-15)16(20)19-7-5-12-4-3-6-18-11-12/h3-4,6,8-11H,2,5,7,17H2,1H3,(H,19,20). The third kappa shape index (κ3) is 4.49. The number of ether oxygens (including phenoxy) is 1. The second-order valence-electron chi connectivity index (χ2n) is 4.59. The molecule has 0 aliphatic heterocycles. The smallest absolute Gasteiger partial charge is 0.251 e. The van der Waals surface area contributed by atoms with E-state index in [0.29, 0.717) is 30.2 Å². The molecular weight excluding hydrogens is 266 g/mol. The average molecular weight is 285 g/mol. The molecule has 0 radical (unpaired) electrons. The number of pyridine rings is 1. The lowest BCUT2D eigenvalue weighted by molar-refractivity contribution is 0.0953. The topological polar surface area (TPSA) is 77.2 Å². The van der Waals surface area contributed by atoms with E-state index in [2.05, 4.69) is 10.3 Å². The molecule has 110 valence electrons. The van der Waals surface area contributed by atoms with Crippen molar-refractivity contribution in [3.05, 3.63) is 53.9 Å². The quantitative estimate of drug-likeness (QED) is 0.796. The van der Waals surface area contributed by atoms with Gasteiger partial charge in [0.1, 0.15) is 5.75 Å². The third-order valence-electron chi connectivity index (χ3n) is 2.92. The molecule has 0 aliphatic carbocycles. The number of carbonyl (C=O) groups excluding carboxylic acids is 1. The van der Waals surface area contributed by atoms with Crippen LogP contribution in [0.3, 0.4) is 0 Å². The van der Waals surface area contributed by atoms with Crippen molar-refractivity contribution in [2.75, 3.05) is 18.9 Å². The molecule has 0 saturated carbocycles. The Hall–Kier alpha value is -2.56. The van der Waals surface area contributed by atoms with E-state index >= 15 is 0 Å². The zero-order chi connectivity index (χ0) is 15.1. The van der Waals surface area contributed by atoms with Gasteiger partial charge in [-0.05, 0) is 37.1 Å². The normalized spacial score (nSPS) is 10.1. The highest BCUT2D eigenvalue weighted by Crippen LogP contribution is 2.18. The van der Waals surface area contributed by atoms with E-state index in [1.54, 1.807) is 30.6 Å². The Morgan fingerprint density at radius 3 is 2.95 bits per heavy atom. The van der Waals surface area contributed by atoms with Gasteiger partial charge in [-0.1, -0.05) is 6.07 Å². The fourth-order valence-corrected chi connectivity index (χ4v) is 1.97. The van der Waals surface area contributed by atoms with Crippen molar-refractivity contribution in [2.45, 2.75) is 13.3 Å². The van der Waals surface area contributed by atoms with Crippen LogP contribution in [0.15, 0.2) is 42.7 Å². The highest BCUT2D eigenvalue weighted by atomic mass is 16.5. The SMILES string of the molecule is CCOc1cc(N)cc(C(=O)NCCc2cccnc2)c1. The molecule has 3 N–H and O–H groups in total. The van der Waals surface area contributed by atoms with Crippen molar-refractivity contribution < 1.29 is 9.53 Å². The Morgan fingerprint density at radius 2 is 2.24 bits per heavy atom. The van der Waals surface area contributed by atoms with Crippen LogP contribution in [-0.2, 0) is 6.42 Å². The van der Waals surface area contributed by atoms with Gasteiger partial charge < -0.3 is 15.8 Å². The molecule has 1 aromatic heterocycles. The van der Waals surface area contributed by atoms with E-state index in [9.17, 15) is 4.79 Å². The summed E-state index contributed by atoms with van der Waals surface area (Å²) < 4.78 is 5.38. The summed E-state index contributed by atoms with van der Waals surface area (Å²) in [4.78, 5) is 16.1. The minimum Gasteiger partial charge on any atom is -0.494 e. The Balaban J connectivity index is 1.94. The summed E-state index contributed by atoms with van der Waals surface area (Å²) >= 11 is 0. The number of nitrogens with one attached hydrogen (secondary N) is 1. The molecule has 2 aromatic rings. The van der Waals surface area contributed by atoms with Crippen LogP contribution in [0.5, 0.6) is 5.75 Å². The molecule has 1 heterocycles. The molecule has 2 rings (SSSR count). The Bertz CT molecular complexity index is 600. The summed E-state index contributed by atoms with van der Waals surface area (Å²) in [7, 11) is 0. The molecule has 0 saturated heterocycles. The minimum absolute atomic E-state index is 0.160. The Morgan fingerprint density at radius 1 is 1.38 bits per heavy atom. The van der Waals surface area contributed by atoms with Gasteiger partial charge in [-0.3, -0.25) is 9.78 Å². The van der Waals surface area contributed by atoms with Gasteiger partial charge in [0.25, 0.3) is 5.91 Å². The van der Waals surface area contributed by atoms with Crippen molar-refractivity contribution >= 4 is 11.6 Å². The zero-order valence-electron chi connectivity index (χ0n) is 12.0. The number of anilines is 1. The van der Waals surface area contributed by atoms with Crippen LogP contribution in [0.1, 0.15) is 22.8 Å². The largest absolute Gasteiger partial charge is 0.494 e. The molecule has 0 bridgehead atoms. The maximum atomic E-state index is 12.1. The maximum Gasteiger partial charge on any atom is 0.251 e. The first kappa shape index (κ1) is 14.8. The second kappa shape index (κ2) is 7.28. The zero-order valence-corrected chi connectivity index (χ0v) is 12.0. The fraction of sp³-hybridized carbons (Fsp3) is 0.250. The van der Waals surface area contributed by atoms with Gasteiger partial charge in [-0.15, -0.1) is 0 Å². The number of nitrogen functional groups attached to an aromatic ring is 1. The highest BCUT2D eigenvalue weighted by Gasteiger charge is 2.08. The predicted molar refractivity (Wildman–Crippen MR) is 82.3 cm³/mol. The van der Waals surface area contributed by atoms with Crippen molar-refractivity contribution in [1.82, 2.24) is 10.3 Å². The van der Waals surface area contributed by atoms with Crippen LogP contribution >= 0.6 is 0 Å². The van der Waals surface area contributed by atoms with Gasteiger partial charge in [0.2, 0.25) is 0 Å². The summed E-state index contributed by atoms with van der Waals surface area (Å²) in [5, 5.41) is 2.87. The van der Waals surface area contributed by atoms with Gasteiger partial charge in [0.05, 0.1) is 6.61 Å². The number of nitrogens with zero attached hydrogens (tertiary/aromatic N) is 1. The first-order chi connectivity index (χ1) is 10.2. The molecule has 5 heteroatoms. The van der Waals surface area contributed by atoms with Gasteiger partial charge in [0, 0.05) is 36.3 Å². The Kier molecular flexibility index (Phi) is 5.15. The summed E-state index contributed by atoms with van der Waals surface area (Å²) in [5.41, 5.74) is 7.88. The summed E-state index contributed by atoms with van der Waals surface area (Å²) in [5.74, 6) is 0.446. The fourth-order valence-electron chi connectivity index (χ4n) is 1.97. The molecule has 21 heavy (non-hydrogen) atoms. The molecule has 1 aromatic carbocycles. The van der Waals surface area contributed by atoms with E-state index in [4.69, 9.17) is 10.5 Å². The summed E-state index contributed by atoms with van der Waals surface area (Å²) in [6.07, 6.45) is 4.25. The number of amides is 1. The lowest BCUT2D eigenvalue weighted by Crippen LogP contribution is -2.25. The van der Waals surface area contributed by atoms with E-state index in [1.165, 1.54) is 0 Å². The number of benzene rings is 1. The number of hydrogen-bond donors (Lipinski definition) is 2. The van der Waals surface area contributed by atoms with E-state index in [-0.39, 0.29) is 5.91 Å². The van der Waals surface area contributed by atoms with Gasteiger partial charge in [-0.2, -0.15) is 0 Å². The van der Waals surface area contributed by atoms with Gasteiger partial charge in [0.15, 0.2) is 0 Å². The number of aromatic nitrogens is 1. The van der Waals surface area contributed by atoms with Crippen molar-refractivity contribution in [1.29, 1.82) is 0 Å². The number of rotatable bonds is 6. The molecule has 0 fully saturated rings. The van der Waals surface area contributed by atoms with Crippen LogP contribution in [-0.4, -0.2) is 24.0 Å². The van der Waals surface area contributed by atoms with Crippen LogP contribution in [0, 0.1) is 0 Å². The number of hydrogen-bond acceptors (Lipinski definition) is 4. The molecule has 1 amide bonds. The average Bonchev–Trinajstić information content (AvgIpc) is 2.48. The van der Waals surface area contributed by atoms with Crippen molar-refractivity contribution in [3.8, 4) is 5.75 Å². The summed E-state index contributed by atoms with van der Waals surface area (Å²) in [6, 6.07) is 8.90. The maximum absolute atomic E-state index is 12.1. The second-order valence-corrected chi connectivity index (χ2v) is 4.59. The van der Waals surface area contributed by atoms with Crippen molar-refractivity contribution in [3.63, 3.8) is 0 Å². The summed E-state index contributed by atoms with van der Waals surface area (Å²) in [6.45, 7) is 2.96. The van der Waals surface area contributed by atoms with Crippen LogP contribution in [0.25, 0.3) is 0 Å². The van der Waals surface area contributed by atoms with Gasteiger partial charge in [-0.25, -0.2) is 0 Å². The minimum atomic E-state index is -0.160. The van der Waals surface area contributed by atoms with Gasteiger partial charge >= 0.3 is 0 Å². The van der Waals surface area contributed by atoms with E-state index in [1.807, 2.05) is 19.1 Å². The number of nitrogens with two attached hydrogens (primary N) is 1. The Labute approximate surface area is 124 Å². The van der Waals surface area contributed by atoms with E-state index in [0.717, 1.165) is 12.0 Å². The lowest BCUT2D eigenvalue weighted by atomic mass is 10.1. The molecular formula is C16H19N3O2. The van der Waals surface area contributed by atoms with Crippen LogP contribution in [0.4, 0.5) is 5.69 Å². The molecule has 5 nitrogen and oxygen atoms in total. The van der Waals surface area contributed by atoms with Crippen LogP contribution < -0.4 is 15.8 Å². The first-order valence-electron chi connectivity index (χ1n) is 6.89. The highest BCUT2D eigenvalue weighted by molar-refractivity contribution is 5.95. The van der Waals surface area contributed by atoms with E-state index < -0.39 is 0 Å². The number of carbonyl (C=O) groups is 1. The first-order valence-corrected chi connectivity index (χ1v) is 6.89. The predicted octanol–water partition coefficient (Wildman–Crippen LogP) is 2.04. The monoisotopic (exact) mass is 285 g/mol. The molecule has 0 unspecified atom stereocenters. The molecule has 0 atom stereocenters.